The number of halogens is 3. The molecule has 2 heterocycles. The molecule has 158 valence electrons. The smallest absolute Gasteiger partial charge is 0.416 e. The molecule has 1 saturated heterocycles. The number of nitrogens with zero attached hydrogens (tertiary/aromatic N) is 3. The van der Waals surface area contributed by atoms with Gasteiger partial charge in [-0.05, 0) is 36.2 Å². The van der Waals surface area contributed by atoms with Crippen molar-refractivity contribution >= 4 is 0 Å². The predicted molar refractivity (Wildman–Crippen MR) is 102 cm³/mol. The lowest BCUT2D eigenvalue weighted by Crippen LogP contribution is -2.24. The molecule has 2 unspecified atom stereocenters. The number of alkyl halides is 3. The molecule has 2 atom stereocenters. The van der Waals surface area contributed by atoms with Crippen LogP contribution in [-0.4, -0.2) is 39.9 Å². The first-order chi connectivity index (χ1) is 14.3. The quantitative estimate of drug-likeness (QED) is 0.672. The third kappa shape index (κ3) is 4.31. The van der Waals surface area contributed by atoms with E-state index < -0.39 is 17.8 Å². The van der Waals surface area contributed by atoms with Crippen LogP contribution in [0.4, 0.5) is 13.2 Å². The minimum absolute atomic E-state index is 0.213. The van der Waals surface area contributed by atoms with Crippen molar-refractivity contribution in [1.29, 1.82) is 0 Å². The van der Waals surface area contributed by atoms with E-state index in [0.717, 1.165) is 23.4 Å². The van der Waals surface area contributed by atoms with Gasteiger partial charge in [-0.25, -0.2) is 0 Å². The fourth-order valence-electron chi connectivity index (χ4n) is 3.57. The molecule has 9 heteroatoms. The lowest BCUT2D eigenvalue weighted by molar-refractivity contribution is -0.137. The molecule has 1 N–H and O–H groups in total. The maximum Gasteiger partial charge on any atom is 0.416 e. The topological polar surface area (TPSA) is 71.6 Å². The number of aliphatic hydroxyl groups is 1. The van der Waals surface area contributed by atoms with Crippen molar-refractivity contribution in [2.24, 2.45) is 0 Å². The van der Waals surface area contributed by atoms with Gasteiger partial charge >= 0.3 is 6.18 Å². The summed E-state index contributed by atoms with van der Waals surface area (Å²) in [5.41, 5.74) is 0.732. The molecule has 1 fully saturated rings. The first kappa shape index (κ1) is 20.4. The van der Waals surface area contributed by atoms with Crippen molar-refractivity contribution in [2.75, 3.05) is 13.7 Å². The van der Waals surface area contributed by atoms with E-state index in [4.69, 9.17) is 9.26 Å². The highest BCUT2D eigenvalue weighted by molar-refractivity contribution is 5.54. The van der Waals surface area contributed by atoms with Crippen LogP contribution < -0.4 is 4.74 Å². The minimum atomic E-state index is -4.40. The Morgan fingerprint density at radius 3 is 2.47 bits per heavy atom. The van der Waals surface area contributed by atoms with E-state index in [-0.39, 0.29) is 11.9 Å². The third-order valence-corrected chi connectivity index (χ3v) is 5.12. The number of hydrogen-bond acceptors (Lipinski definition) is 6. The largest absolute Gasteiger partial charge is 0.497 e. The van der Waals surface area contributed by atoms with Crippen molar-refractivity contribution in [3.8, 4) is 17.1 Å². The third-order valence-electron chi connectivity index (χ3n) is 5.12. The van der Waals surface area contributed by atoms with Gasteiger partial charge in [0.15, 0.2) is 0 Å². The van der Waals surface area contributed by atoms with Gasteiger partial charge in [-0.1, -0.05) is 29.4 Å². The molecule has 0 aliphatic carbocycles. The Morgan fingerprint density at radius 1 is 1.13 bits per heavy atom. The van der Waals surface area contributed by atoms with Crippen LogP contribution in [-0.2, 0) is 12.7 Å². The van der Waals surface area contributed by atoms with Crippen LogP contribution in [0.15, 0.2) is 53.1 Å². The average Bonchev–Trinajstić information content (AvgIpc) is 3.35. The maximum absolute atomic E-state index is 12.7. The summed E-state index contributed by atoms with van der Waals surface area (Å²) in [6.07, 6.45) is -4.50. The summed E-state index contributed by atoms with van der Waals surface area (Å²) in [5.74, 6) is 1.30. The van der Waals surface area contributed by atoms with Crippen LogP contribution in [0.1, 0.15) is 29.5 Å². The van der Waals surface area contributed by atoms with Gasteiger partial charge in [0.25, 0.3) is 0 Å². The Bertz CT molecular complexity index is 987. The average molecular weight is 419 g/mol. The predicted octanol–water partition coefficient (Wildman–Crippen LogP) is 4.07. The number of likely N-dealkylation sites (tertiary alicyclic amines) is 1. The Labute approximate surface area is 170 Å². The molecule has 0 amide bonds. The highest BCUT2D eigenvalue weighted by Crippen LogP contribution is 2.34. The lowest BCUT2D eigenvalue weighted by Gasteiger charge is -2.21. The van der Waals surface area contributed by atoms with E-state index in [9.17, 15) is 18.3 Å². The highest BCUT2D eigenvalue weighted by Gasteiger charge is 2.36. The Kier molecular flexibility index (Phi) is 5.48. The second-order valence-electron chi connectivity index (χ2n) is 7.21. The number of methoxy groups -OCH3 is 1. The molecular weight excluding hydrogens is 399 g/mol. The van der Waals surface area contributed by atoms with E-state index >= 15 is 0 Å². The van der Waals surface area contributed by atoms with Crippen molar-refractivity contribution < 1.29 is 27.5 Å². The molecule has 0 spiro atoms. The number of ether oxygens (including phenoxy) is 1. The number of aliphatic hydroxyl groups excluding tert-OH is 1. The van der Waals surface area contributed by atoms with Gasteiger partial charge in [0.05, 0.1) is 24.8 Å². The maximum atomic E-state index is 12.7. The van der Waals surface area contributed by atoms with Crippen LogP contribution in [0.3, 0.4) is 0 Å². The fourth-order valence-corrected chi connectivity index (χ4v) is 3.57. The molecule has 1 aliphatic rings. The summed E-state index contributed by atoms with van der Waals surface area (Å²) in [4.78, 5) is 6.41. The van der Waals surface area contributed by atoms with Crippen molar-refractivity contribution in [3.05, 3.63) is 65.5 Å². The van der Waals surface area contributed by atoms with Gasteiger partial charge < -0.3 is 14.4 Å². The fraction of sp³-hybridized carbons (Fsp3) is 0.333. The number of aromatic nitrogens is 2. The number of β-amino-alcohol motifs (C(OH)–C–C–N with tert-alkyl or cyclic N) is 1. The number of hydrogen-bond donors (Lipinski definition) is 1. The lowest BCUT2D eigenvalue weighted by atomic mass is 10.1. The van der Waals surface area contributed by atoms with Crippen LogP contribution in [0.2, 0.25) is 0 Å². The number of rotatable bonds is 5. The van der Waals surface area contributed by atoms with Crippen LogP contribution in [0, 0.1) is 0 Å². The molecule has 30 heavy (non-hydrogen) atoms. The SMILES string of the molecule is COc1ccc(CN2CC(O)CC2c2nc(-c3ccc(C(F)(F)F)cc3)no2)cc1. The minimum Gasteiger partial charge on any atom is -0.497 e. The summed E-state index contributed by atoms with van der Waals surface area (Å²) < 4.78 is 48.8. The monoisotopic (exact) mass is 419 g/mol. The van der Waals surface area contributed by atoms with E-state index in [1.807, 2.05) is 29.2 Å². The molecule has 4 rings (SSSR count). The Morgan fingerprint density at radius 2 is 1.83 bits per heavy atom. The second kappa shape index (κ2) is 8.08. The van der Waals surface area contributed by atoms with E-state index in [2.05, 4.69) is 10.1 Å². The normalized spacial score (nSPS) is 19.9. The highest BCUT2D eigenvalue weighted by atomic mass is 19.4. The van der Waals surface area contributed by atoms with Gasteiger partial charge in [-0.3, -0.25) is 4.90 Å². The zero-order valence-electron chi connectivity index (χ0n) is 16.1. The zero-order valence-corrected chi connectivity index (χ0v) is 16.1. The standard InChI is InChI=1S/C21H20F3N3O3/c1-29-17-8-2-13(3-9-17)11-27-12-16(28)10-18(27)20-25-19(26-30-20)14-4-6-15(7-5-14)21(22,23)24/h2-9,16,18,28H,10-12H2,1H3. The summed E-state index contributed by atoms with van der Waals surface area (Å²) in [7, 11) is 1.60. The van der Waals surface area contributed by atoms with Gasteiger partial charge in [0, 0.05) is 18.7 Å². The number of benzene rings is 2. The van der Waals surface area contributed by atoms with Gasteiger partial charge in [0.1, 0.15) is 5.75 Å². The Hall–Kier alpha value is -2.91. The van der Waals surface area contributed by atoms with E-state index in [0.29, 0.717) is 31.0 Å². The van der Waals surface area contributed by atoms with E-state index in [1.165, 1.54) is 12.1 Å². The van der Waals surface area contributed by atoms with Crippen LogP contribution in [0.5, 0.6) is 5.75 Å². The second-order valence-corrected chi connectivity index (χ2v) is 7.21. The zero-order chi connectivity index (χ0) is 21.3. The molecular formula is C21H20F3N3O3. The molecule has 2 aromatic carbocycles. The Balaban J connectivity index is 1.51. The molecule has 0 radical (unpaired) electrons. The molecule has 0 bridgehead atoms. The first-order valence-corrected chi connectivity index (χ1v) is 9.40. The molecule has 0 saturated carbocycles. The van der Waals surface area contributed by atoms with Crippen molar-refractivity contribution in [1.82, 2.24) is 15.0 Å². The van der Waals surface area contributed by atoms with Crippen LogP contribution >= 0.6 is 0 Å². The summed E-state index contributed by atoms with van der Waals surface area (Å²) in [6.45, 7) is 1.03. The van der Waals surface area contributed by atoms with Crippen molar-refractivity contribution in [2.45, 2.75) is 31.3 Å². The summed E-state index contributed by atoms with van der Waals surface area (Å²) in [6, 6.07) is 12.0. The van der Waals surface area contributed by atoms with Gasteiger partial charge in [-0.2, -0.15) is 18.2 Å². The van der Waals surface area contributed by atoms with Gasteiger partial charge in [0.2, 0.25) is 11.7 Å². The van der Waals surface area contributed by atoms with Gasteiger partial charge in [-0.15, -0.1) is 0 Å². The molecule has 3 aromatic rings. The van der Waals surface area contributed by atoms with E-state index in [1.54, 1.807) is 7.11 Å². The molecule has 6 nitrogen and oxygen atoms in total. The van der Waals surface area contributed by atoms with Crippen molar-refractivity contribution in [3.63, 3.8) is 0 Å². The first-order valence-electron chi connectivity index (χ1n) is 9.40. The van der Waals surface area contributed by atoms with Crippen LogP contribution in [0.25, 0.3) is 11.4 Å². The summed E-state index contributed by atoms with van der Waals surface area (Å²) in [5, 5.41) is 14.1. The summed E-state index contributed by atoms with van der Waals surface area (Å²) >= 11 is 0. The molecule has 1 aliphatic heterocycles. The molecule has 1 aromatic heterocycles.